The summed E-state index contributed by atoms with van der Waals surface area (Å²) < 4.78 is 1.57. The third kappa shape index (κ3) is 1.66. The van der Waals surface area contributed by atoms with Crippen LogP contribution in [0, 0.1) is 0 Å². The fourth-order valence-corrected chi connectivity index (χ4v) is 2.01. The molecule has 0 saturated carbocycles. The average Bonchev–Trinajstić information content (AvgIpc) is 2.41. The minimum absolute atomic E-state index is 0.0567. The number of fused-ring (bicyclic) bond motifs is 1. The molecule has 3 rings (SSSR count). The first-order valence-corrected chi connectivity index (χ1v) is 5.65. The number of pyridine rings is 1. The van der Waals surface area contributed by atoms with Crippen LogP contribution in [0.5, 0.6) is 5.75 Å². The Bertz CT molecular complexity index is 757. The topological polar surface area (TPSA) is 42.2 Å². The number of rotatable bonds is 1. The van der Waals surface area contributed by atoms with Crippen molar-refractivity contribution in [1.29, 1.82) is 0 Å². The maximum Gasteiger partial charge on any atom is 0.262 e. The number of hydrogen-bond acceptors (Lipinski definition) is 2. The molecule has 0 saturated heterocycles. The Morgan fingerprint density at radius 3 is 2.39 bits per heavy atom. The van der Waals surface area contributed by atoms with Gasteiger partial charge >= 0.3 is 0 Å². The summed E-state index contributed by atoms with van der Waals surface area (Å²) in [6.45, 7) is 0. The molecule has 0 amide bonds. The number of nitrogens with zero attached hydrogens (tertiary/aromatic N) is 1. The number of aromatic nitrogens is 1. The van der Waals surface area contributed by atoms with Gasteiger partial charge in [-0.05, 0) is 41.8 Å². The van der Waals surface area contributed by atoms with Gasteiger partial charge in [-0.2, -0.15) is 0 Å². The quantitative estimate of drug-likeness (QED) is 0.707. The molecule has 2 aromatic carbocycles. The summed E-state index contributed by atoms with van der Waals surface area (Å²) in [4.78, 5) is 12.3. The van der Waals surface area contributed by atoms with Gasteiger partial charge in [0, 0.05) is 17.3 Å². The molecule has 18 heavy (non-hydrogen) atoms. The van der Waals surface area contributed by atoms with E-state index in [2.05, 4.69) is 0 Å². The predicted octanol–water partition coefficient (Wildman–Crippen LogP) is 2.70. The van der Waals surface area contributed by atoms with Crippen LogP contribution in [0.3, 0.4) is 0 Å². The fourth-order valence-electron chi connectivity index (χ4n) is 2.01. The summed E-state index contributed by atoms with van der Waals surface area (Å²) >= 11 is 0. The largest absolute Gasteiger partial charge is 0.508 e. The Morgan fingerprint density at radius 2 is 1.61 bits per heavy atom. The first-order chi connectivity index (χ1) is 8.75. The molecule has 0 aliphatic heterocycles. The van der Waals surface area contributed by atoms with Crippen LogP contribution in [-0.4, -0.2) is 9.67 Å². The van der Waals surface area contributed by atoms with Crippen molar-refractivity contribution in [3.63, 3.8) is 0 Å². The van der Waals surface area contributed by atoms with Crippen molar-refractivity contribution in [1.82, 2.24) is 4.57 Å². The zero-order valence-corrected chi connectivity index (χ0v) is 9.58. The molecule has 88 valence electrons. The van der Waals surface area contributed by atoms with E-state index < -0.39 is 0 Å². The second kappa shape index (κ2) is 4.04. The highest BCUT2D eigenvalue weighted by Gasteiger charge is 2.03. The van der Waals surface area contributed by atoms with E-state index in [1.165, 1.54) is 0 Å². The van der Waals surface area contributed by atoms with Gasteiger partial charge in [-0.25, -0.2) is 0 Å². The van der Waals surface area contributed by atoms with Crippen molar-refractivity contribution >= 4 is 10.8 Å². The molecule has 1 aromatic heterocycles. The zero-order chi connectivity index (χ0) is 12.5. The molecule has 0 atom stereocenters. The molecule has 0 unspecified atom stereocenters. The molecule has 1 N–H and O–H groups in total. The summed E-state index contributed by atoms with van der Waals surface area (Å²) in [7, 11) is 0. The van der Waals surface area contributed by atoms with Gasteiger partial charge in [0.2, 0.25) is 0 Å². The van der Waals surface area contributed by atoms with E-state index >= 15 is 0 Å². The fraction of sp³-hybridized carbons (Fsp3) is 0. The standard InChI is InChI=1S/C15H11NO2/c17-13-7-5-12(6-8-13)16-10-9-11-3-1-2-4-14(11)15(16)18/h1-10,17H. The summed E-state index contributed by atoms with van der Waals surface area (Å²) in [6.07, 6.45) is 1.75. The van der Waals surface area contributed by atoms with Gasteiger partial charge in [0.05, 0.1) is 0 Å². The highest BCUT2D eigenvalue weighted by molar-refractivity contribution is 5.81. The molecule has 3 nitrogen and oxygen atoms in total. The third-order valence-electron chi connectivity index (χ3n) is 2.94. The van der Waals surface area contributed by atoms with E-state index in [9.17, 15) is 9.90 Å². The maximum atomic E-state index is 12.3. The highest BCUT2D eigenvalue weighted by Crippen LogP contribution is 2.14. The minimum atomic E-state index is -0.0567. The second-order valence-corrected chi connectivity index (χ2v) is 4.09. The zero-order valence-electron chi connectivity index (χ0n) is 9.58. The van der Waals surface area contributed by atoms with Crippen molar-refractivity contribution in [2.24, 2.45) is 0 Å². The number of phenolic OH excluding ortho intramolecular Hbond substituents is 1. The van der Waals surface area contributed by atoms with E-state index in [0.717, 1.165) is 11.1 Å². The summed E-state index contributed by atoms with van der Waals surface area (Å²) in [5.41, 5.74) is 0.683. The SMILES string of the molecule is O=c1c2ccccc2ccn1-c1ccc(O)cc1. The van der Waals surface area contributed by atoms with E-state index in [0.29, 0.717) is 5.39 Å². The van der Waals surface area contributed by atoms with E-state index in [4.69, 9.17) is 0 Å². The molecule has 1 heterocycles. The minimum Gasteiger partial charge on any atom is -0.508 e. The molecule has 0 bridgehead atoms. The molecule has 0 spiro atoms. The Balaban J connectivity index is 2.27. The number of aromatic hydroxyl groups is 1. The van der Waals surface area contributed by atoms with Gasteiger partial charge in [0.15, 0.2) is 0 Å². The van der Waals surface area contributed by atoms with Crippen LogP contribution in [0.25, 0.3) is 16.5 Å². The average molecular weight is 237 g/mol. The molecule has 0 fully saturated rings. The van der Waals surface area contributed by atoms with Gasteiger partial charge in [0.1, 0.15) is 5.75 Å². The van der Waals surface area contributed by atoms with Crippen molar-refractivity contribution in [2.45, 2.75) is 0 Å². The third-order valence-corrected chi connectivity index (χ3v) is 2.94. The molecular formula is C15H11NO2. The van der Waals surface area contributed by atoms with Crippen LogP contribution in [0.15, 0.2) is 65.6 Å². The van der Waals surface area contributed by atoms with Crippen LogP contribution in [-0.2, 0) is 0 Å². The summed E-state index contributed by atoms with van der Waals surface area (Å²) in [6, 6.07) is 16.0. The van der Waals surface area contributed by atoms with Crippen LogP contribution < -0.4 is 5.56 Å². The first-order valence-electron chi connectivity index (χ1n) is 5.65. The summed E-state index contributed by atoms with van der Waals surface area (Å²) in [5, 5.41) is 10.9. The van der Waals surface area contributed by atoms with Crippen LogP contribution >= 0.6 is 0 Å². The Kier molecular flexibility index (Phi) is 2.38. The van der Waals surface area contributed by atoms with Crippen molar-refractivity contribution in [3.05, 3.63) is 71.1 Å². The van der Waals surface area contributed by atoms with E-state index in [1.807, 2.05) is 30.3 Å². The molecule has 3 aromatic rings. The second-order valence-electron chi connectivity index (χ2n) is 4.09. The lowest BCUT2D eigenvalue weighted by Gasteiger charge is -2.07. The van der Waals surface area contributed by atoms with Crippen LogP contribution in [0.1, 0.15) is 0 Å². The smallest absolute Gasteiger partial charge is 0.262 e. The first kappa shape index (κ1) is 10.6. The van der Waals surface area contributed by atoms with E-state index in [1.54, 1.807) is 35.0 Å². The van der Waals surface area contributed by atoms with Crippen molar-refractivity contribution < 1.29 is 5.11 Å². The number of hydrogen-bond donors (Lipinski definition) is 1. The van der Waals surface area contributed by atoms with Gasteiger partial charge < -0.3 is 5.11 Å². The molecule has 0 radical (unpaired) electrons. The molecular weight excluding hydrogens is 226 g/mol. The van der Waals surface area contributed by atoms with Crippen LogP contribution in [0.4, 0.5) is 0 Å². The Morgan fingerprint density at radius 1 is 0.889 bits per heavy atom. The number of benzene rings is 2. The number of phenols is 1. The van der Waals surface area contributed by atoms with Crippen molar-refractivity contribution in [3.8, 4) is 11.4 Å². The van der Waals surface area contributed by atoms with Gasteiger partial charge in [0.25, 0.3) is 5.56 Å². The molecule has 0 aliphatic carbocycles. The molecule has 3 heteroatoms. The molecule has 0 aliphatic rings. The van der Waals surface area contributed by atoms with Gasteiger partial charge in [-0.1, -0.05) is 18.2 Å². The lowest BCUT2D eigenvalue weighted by molar-refractivity contribution is 0.475. The van der Waals surface area contributed by atoms with Crippen LogP contribution in [0.2, 0.25) is 0 Å². The highest BCUT2D eigenvalue weighted by atomic mass is 16.3. The monoisotopic (exact) mass is 237 g/mol. The Hall–Kier alpha value is -2.55. The van der Waals surface area contributed by atoms with E-state index in [-0.39, 0.29) is 11.3 Å². The normalized spacial score (nSPS) is 10.7. The van der Waals surface area contributed by atoms with Gasteiger partial charge in [-0.3, -0.25) is 9.36 Å². The lowest BCUT2D eigenvalue weighted by atomic mass is 10.2. The maximum absolute atomic E-state index is 12.3. The predicted molar refractivity (Wildman–Crippen MR) is 71.2 cm³/mol. The lowest BCUT2D eigenvalue weighted by Crippen LogP contribution is -2.17. The Labute approximate surface area is 104 Å². The summed E-state index contributed by atoms with van der Waals surface area (Å²) in [5.74, 6) is 0.188. The van der Waals surface area contributed by atoms with Gasteiger partial charge in [-0.15, -0.1) is 0 Å². The van der Waals surface area contributed by atoms with Crippen molar-refractivity contribution in [2.75, 3.05) is 0 Å².